The highest BCUT2D eigenvalue weighted by Crippen LogP contribution is 2.46. The first-order valence-electron chi connectivity index (χ1n) is 14.0. The van der Waals surface area contributed by atoms with Crippen molar-refractivity contribution in [3.05, 3.63) is 70.7 Å². The van der Waals surface area contributed by atoms with Crippen LogP contribution in [0.4, 0.5) is 11.6 Å². The molecule has 0 saturated carbocycles. The number of aryl methyl sites for hydroxylation is 1. The lowest BCUT2D eigenvalue weighted by Gasteiger charge is -2.26. The highest BCUT2D eigenvalue weighted by atomic mass is 35.5. The van der Waals surface area contributed by atoms with Gasteiger partial charge in [0.05, 0.1) is 22.9 Å². The van der Waals surface area contributed by atoms with Gasteiger partial charge >= 0.3 is 5.97 Å². The Bertz CT molecular complexity index is 1470. The van der Waals surface area contributed by atoms with Gasteiger partial charge in [-0.05, 0) is 50.0 Å². The van der Waals surface area contributed by atoms with Crippen LogP contribution in [-0.4, -0.2) is 47.4 Å². The summed E-state index contributed by atoms with van der Waals surface area (Å²) in [5, 5.41) is 13.2. The van der Waals surface area contributed by atoms with Crippen LogP contribution in [0.15, 0.2) is 54.5 Å². The second-order valence-corrected chi connectivity index (χ2v) is 13.9. The predicted molar refractivity (Wildman–Crippen MR) is 161 cm³/mol. The first kappa shape index (κ1) is 31.0. The van der Waals surface area contributed by atoms with Gasteiger partial charge in [0.1, 0.15) is 18.1 Å². The van der Waals surface area contributed by atoms with E-state index in [1.54, 1.807) is 6.20 Å². The highest BCUT2D eigenvalue weighted by Gasteiger charge is 2.45. The number of carboxylic acids is 1. The van der Waals surface area contributed by atoms with E-state index in [1.807, 2.05) is 35.4 Å². The van der Waals surface area contributed by atoms with E-state index in [0.29, 0.717) is 18.0 Å². The first-order chi connectivity index (χ1) is 19.2. The van der Waals surface area contributed by atoms with Crippen LogP contribution in [0.3, 0.4) is 0 Å². The fourth-order valence-corrected chi connectivity index (χ4v) is 6.56. The molecule has 0 amide bonds. The third-order valence-corrected chi connectivity index (χ3v) is 9.16. The third-order valence-electron chi connectivity index (χ3n) is 8.15. The normalized spacial score (nSPS) is 19.9. The number of aromatic nitrogens is 2. The minimum absolute atomic E-state index is 0.0101. The van der Waals surface area contributed by atoms with Gasteiger partial charge in [0, 0.05) is 41.3 Å². The number of nitrogens with one attached hydrogen (secondary N) is 1. The van der Waals surface area contributed by atoms with Gasteiger partial charge in [-0.15, -0.1) is 0 Å². The van der Waals surface area contributed by atoms with E-state index in [1.165, 1.54) is 0 Å². The van der Waals surface area contributed by atoms with Crippen molar-refractivity contribution in [3.63, 3.8) is 0 Å². The van der Waals surface area contributed by atoms with Crippen LogP contribution in [0.5, 0.6) is 0 Å². The van der Waals surface area contributed by atoms with Crippen molar-refractivity contribution >= 4 is 39.3 Å². The molecule has 11 heteroatoms. The van der Waals surface area contributed by atoms with E-state index in [4.69, 9.17) is 16.7 Å². The van der Waals surface area contributed by atoms with Gasteiger partial charge in [0.15, 0.2) is 0 Å². The van der Waals surface area contributed by atoms with Crippen LogP contribution < -0.4 is 14.8 Å². The minimum atomic E-state index is -4.05. The molecule has 1 atom stereocenters. The predicted octanol–water partition coefficient (Wildman–Crippen LogP) is 5.26. The third kappa shape index (κ3) is 6.93. The first-order valence-corrected chi connectivity index (χ1v) is 16.0. The molecule has 2 aliphatic heterocycles. The summed E-state index contributed by atoms with van der Waals surface area (Å²) in [7, 11) is -4.05. The molecule has 2 aromatic heterocycles. The van der Waals surface area contributed by atoms with Gasteiger partial charge in [-0.2, -0.15) is 8.42 Å². The molecule has 0 bridgehead atoms. The zero-order valence-electron chi connectivity index (χ0n) is 24.1. The molecular formula is C30H40ClN4O5S+. The zero-order chi connectivity index (χ0) is 30.0. The van der Waals surface area contributed by atoms with E-state index in [-0.39, 0.29) is 35.5 Å². The topological polar surface area (TPSA) is 124 Å². The van der Waals surface area contributed by atoms with Crippen molar-refractivity contribution in [1.29, 1.82) is 0 Å². The number of aliphatic carboxylic acids is 1. The number of carbonyl (C=O) groups is 1. The van der Waals surface area contributed by atoms with Crippen molar-refractivity contribution in [2.45, 2.75) is 83.2 Å². The number of halogens is 1. The molecule has 0 radical (unpaired) electrons. The average molecular weight is 604 g/mol. The fourth-order valence-electron chi connectivity index (χ4n) is 5.84. The average Bonchev–Trinajstić information content (AvgIpc) is 3.25. The second-order valence-electron chi connectivity index (χ2n) is 11.9. The Morgan fingerprint density at radius 3 is 2.66 bits per heavy atom. The standard InChI is InChI=1S/C30H39ClN4O5S/c1-29(2)23-19-21(31)20-34(16-7-5-6-14-26(36)37)28(23)33-24(29)12-8-13-25-30(3,4)22-11-9-15-32-27(22)35(25)17-10-18-41(38,39)40/h8-9,11-13,15,19-20,24H,5-7,10,14,16-18H2,1-4H3,(H2,36,37,38,39,40)/p+1/b12-8+,25-13-. The van der Waals surface area contributed by atoms with Gasteiger partial charge in [-0.25, -0.2) is 9.55 Å². The number of anilines is 2. The van der Waals surface area contributed by atoms with Crippen LogP contribution in [0, 0.1) is 0 Å². The Kier molecular flexibility index (Phi) is 9.16. The molecule has 222 valence electrons. The summed E-state index contributed by atoms with van der Waals surface area (Å²) in [6, 6.07) is 5.95. The highest BCUT2D eigenvalue weighted by molar-refractivity contribution is 7.85. The van der Waals surface area contributed by atoms with E-state index >= 15 is 0 Å². The summed E-state index contributed by atoms with van der Waals surface area (Å²) in [5.41, 5.74) is 2.61. The molecule has 0 spiro atoms. The quantitative estimate of drug-likeness (QED) is 0.171. The Balaban J connectivity index is 1.55. The lowest BCUT2D eigenvalue weighted by molar-refractivity contribution is -0.683. The number of fused-ring (bicyclic) bond motifs is 2. The molecule has 0 fully saturated rings. The molecule has 9 nitrogen and oxygen atoms in total. The number of carboxylic acid groups (broad SMARTS) is 1. The van der Waals surface area contributed by atoms with Crippen molar-refractivity contribution in [1.82, 2.24) is 4.98 Å². The van der Waals surface area contributed by atoms with Crippen LogP contribution >= 0.6 is 11.6 Å². The monoisotopic (exact) mass is 603 g/mol. The van der Waals surface area contributed by atoms with Gasteiger partial charge in [0.25, 0.3) is 15.9 Å². The van der Waals surface area contributed by atoms with Crippen molar-refractivity contribution in [2.24, 2.45) is 0 Å². The summed E-state index contributed by atoms with van der Waals surface area (Å²) in [4.78, 5) is 17.5. The molecule has 1 unspecified atom stereocenters. The molecule has 4 heterocycles. The van der Waals surface area contributed by atoms with Crippen LogP contribution in [0.1, 0.15) is 70.9 Å². The van der Waals surface area contributed by atoms with E-state index in [0.717, 1.165) is 47.8 Å². The molecule has 0 saturated heterocycles. The number of pyridine rings is 2. The minimum Gasteiger partial charge on any atom is -0.481 e. The maximum atomic E-state index is 11.3. The SMILES string of the molecule is CC1(C)/C(=C/C=C/C2Nc3c(cc(Cl)c[n+]3CCCCCC(=O)O)C2(C)C)N(CCCS(=O)(=O)O)c2ncccc21. The maximum absolute atomic E-state index is 11.3. The summed E-state index contributed by atoms with van der Waals surface area (Å²) in [5.74, 6) is 0.745. The zero-order valence-corrected chi connectivity index (χ0v) is 25.7. The van der Waals surface area contributed by atoms with Gasteiger partial charge in [-0.3, -0.25) is 14.7 Å². The molecule has 2 aliphatic rings. The maximum Gasteiger partial charge on any atom is 0.303 e. The lowest BCUT2D eigenvalue weighted by atomic mass is 9.81. The van der Waals surface area contributed by atoms with Crippen molar-refractivity contribution in [2.75, 3.05) is 22.5 Å². The summed E-state index contributed by atoms with van der Waals surface area (Å²) in [6.45, 7) is 9.78. The van der Waals surface area contributed by atoms with E-state index < -0.39 is 16.1 Å². The Labute approximate surface area is 247 Å². The van der Waals surface area contributed by atoms with Crippen molar-refractivity contribution in [3.8, 4) is 0 Å². The number of unbranched alkanes of at least 4 members (excludes halogenated alkanes) is 2. The van der Waals surface area contributed by atoms with Crippen molar-refractivity contribution < 1.29 is 27.4 Å². The Morgan fingerprint density at radius 2 is 1.95 bits per heavy atom. The second kappa shape index (κ2) is 12.1. The molecule has 2 aromatic rings. The molecule has 3 N–H and O–H groups in total. The van der Waals surface area contributed by atoms with E-state index in [2.05, 4.69) is 54.7 Å². The number of allylic oxidation sites excluding steroid dienone is 3. The molecule has 4 rings (SSSR count). The number of nitrogens with zero attached hydrogens (tertiary/aromatic N) is 3. The number of hydrogen-bond donors (Lipinski definition) is 3. The lowest BCUT2D eigenvalue weighted by Crippen LogP contribution is -2.37. The van der Waals surface area contributed by atoms with Crippen LogP contribution in [-0.2, 0) is 32.3 Å². The fraction of sp³-hybridized carbons (Fsp3) is 0.500. The molecule has 0 aromatic carbocycles. The summed E-state index contributed by atoms with van der Waals surface area (Å²) >= 11 is 6.52. The van der Waals surface area contributed by atoms with Crippen LogP contribution in [0.25, 0.3) is 0 Å². The summed E-state index contributed by atoms with van der Waals surface area (Å²) in [6.07, 6.45) is 12.7. The molecule has 0 aliphatic carbocycles. The smallest absolute Gasteiger partial charge is 0.303 e. The van der Waals surface area contributed by atoms with Gasteiger partial charge in [-0.1, -0.05) is 51.4 Å². The molecular weight excluding hydrogens is 564 g/mol. The number of rotatable bonds is 12. The number of hydrogen-bond acceptors (Lipinski definition) is 6. The Morgan fingerprint density at radius 1 is 1.20 bits per heavy atom. The van der Waals surface area contributed by atoms with Crippen LogP contribution in [0.2, 0.25) is 5.02 Å². The van der Waals surface area contributed by atoms with E-state index in [9.17, 15) is 17.8 Å². The Hall–Kier alpha value is -2.95. The largest absolute Gasteiger partial charge is 0.481 e. The molecule has 41 heavy (non-hydrogen) atoms. The summed E-state index contributed by atoms with van der Waals surface area (Å²) < 4.78 is 34.1. The van der Waals surface area contributed by atoms with Gasteiger partial charge in [0.2, 0.25) is 0 Å². The van der Waals surface area contributed by atoms with Gasteiger partial charge < -0.3 is 10.0 Å².